The summed E-state index contributed by atoms with van der Waals surface area (Å²) in [7, 11) is 0. The normalized spacial score (nSPS) is 10.9. The van der Waals surface area contributed by atoms with Crippen LogP contribution in [0.15, 0.2) is 47.3 Å². The van der Waals surface area contributed by atoms with Crippen LogP contribution in [-0.2, 0) is 0 Å². The van der Waals surface area contributed by atoms with Crippen molar-refractivity contribution in [3.8, 4) is 11.3 Å². The van der Waals surface area contributed by atoms with Gasteiger partial charge in [-0.2, -0.15) is 0 Å². The maximum absolute atomic E-state index is 12.6. The molecule has 0 spiro atoms. The second kappa shape index (κ2) is 4.64. The van der Waals surface area contributed by atoms with Gasteiger partial charge < -0.3 is 4.98 Å². The highest BCUT2D eigenvalue weighted by Gasteiger charge is 2.11. The average Bonchev–Trinajstić information content (AvgIpc) is 2.47. The predicted molar refractivity (Wildman–Crippen MR) is 84.2 cm³/mol. The number of aryl methyl sites for hydroxylation is 2. The number of pyridine rings is 1. The van der Waals surface area contributed by atoms with E-state index in [-0.39, 0.29) is 5.43 Å². The molecule has 1 N–H and O–H groups in total. The lowest BCUT2D eigenvalue weighted by atomic mass is 10.00. The van der Waals surface area contributed by atoms with Crippen LogP contribution in [0.1, 0.15) is 16.7 Å². The third-order valence-electron chi connectivity index (χ3n) is 4.01. The summed E-state index contributed by atoms with van der Waals surface area (Å²) < 4.78 is 0. The fourth-order valence-corrected chi connectivity index (χ4v) is 2.59. The average molecular weight is 263 g/mol. The van der Waals surface area contributed by atoms with Crippen molar-refractivity contribution >= 4 is 10.9 Å². The molecule has 0 aliphatic rings. The van der Waals surface area contributed by atoms with E-state index in [0.29, 0.717) is 0 Å². The number of aromatic nitrogens is 1. The summed E-state index contributed by atoms with van der Waals surface area (Å²) in [6.45, 7) is 6.00. The molecule has 0 saturated heterocycles. The van der Waals surface area contributed by atoms with Gasteiger partial charge in [0, 0.05) is 10.9 Å². The van der Waals surface area contributed by atoms with Gasteiger partial charge in [-0.15, -0.1) is 0 Å². The summed E-state index contributed by atoms with van der Waals surface area (Å²) in [6.07, 6.45) is 0. The molecule has 0 aliphatic heterocycles. The zero-order chi connectivity index (χ0) is 14.3. The first kappa shape index (κ1) is 12.7. The zero-order valence-electron chi connectivity index (χ0n) is 11.9. The van der Waals surface area contributed by atoms with Gasteiger partial charge in [-0.25, -0.2) is 0 Å². The number of aromatic amines is 1. The van der Waals surface area contributed by atoms with Gasteiger partial charge in [0.15, 0.2) is 5.43 Å². The van der Waals surface area contributed by atoms with Gasteiger partial charge in [-0.05, 0) is 43.5 Å². The first-order valence-corrected chi connectivity index (χ1v) is 6.78. The summed E-state index contributed by atoms with van der Waals surface area (Å²) in [4.78, 5) is 16.0. The van der Waals surface area contributed by atoms with Crippen molar-refractivity contribution in [2.75, 3.05) is 0 Å². The van der Waals surface area contributed by atoms with E-state index < -0.39 is 0 Å². The lowest BCUT2D eigenvalue weighted by Gasteiger charge is -2.11. The van der Waals surface area contributed by atoms with Gasteiger partial charge in [-0.1, -0.05) is 36.4 Å². The Bertz CT molecular complexity index is 845. The molecule has 0 saturated carbocycles. The topological polar surface area (TPSA) is 32.9 Å². The summed E-state index contributed by atoms with van der Waals surface area (Å²) in [5.41, 5.74) is 6.11. The van der Waals surface area contributed by atoms with Crippen LogP contribution in [0.2, 0.25) is 0 Å². The van der Waals surface area contributed by atoms with Crippen molar-refractivity contribution < 1.29 is 0 Å². The van der Waals surface area contributed by atoms with Crippen molar-refractivity contribution in [2.45, 2.75) is 20.8 Å². The maximum atomic E-state index is 12.6. The highest BCUT2D eigenvalue weighted by atomic mass is 16.1. The van der Waals surface area contributed by atoms with Crippen molar-refractivity contribution in [1.82, 2.24) is 4.98 Å². The molecule has 0 radical (unpaired) electrons. The Balaban J connectivity index is 2.44. The molecule has 2 nitrogen and oxygen atoms in total. The van der Waals surface area contributed by atoms with E-state index in [1.54, 1.807) is 0 Å². The molecule has 0 fully saturated rings. The Kier molecular flexibility index (Phi) is 2.94. The minimum atomic E-state index is 0.112. The van der Waals surface area contributed by atoms with Gasteiger partial charge in [-0.3, -0.25) is 4.79 Å². The lowest BCUT2D eigenvalue weighted by molar-refractivity contribution is 1.26. The zero-order valence-corrected chi connectivity index (χ0v) is 11.9. The van der Waals surface area contributed by atoms with E-state index in [0.717, 1.165) is 33.3 Å². The number of fused-ring (bicyclic) bond motifs is 1. The van der Waals surface area contributed by atoms with Crippen molar-refractivity contribution in [1.29, 1.82) is 0 Å². The molecule has 3 rings (SSSR count). The van der Waals surface area contributed by atoms with Gasteiger partial charge in [0.1, 0.15) is 0 Å². The number of benzene rings is 2. The first-order chi connectivity index (χ1) is 9.59. The van der Waals surface area contributed by atoms with Crippen LogP contribution in [0, 0.1) is 20.8 Å². The molecule has 0 aliphatic carbocycles. The molecule has 1 aromatic heterocycles. The standard InChI is InChI=1S/C18H17NO/c1-11-9-10-15-17(12(11)2)19-16(13(3)18(15)20)14-7-5-4-6-8-14/h4-10H,1-3H3,(H,19,20). The van der Waals surface area contributed by atoms with E-state index in [1.807, 2.05) is 49.4 Å². The second-order valence-corrected chi connectivity index (χ2v) is 5.25. The quantitative estimate of drug-likeness (QED) is 0.703. The monoisotopic (exact) mass is 263 g/mol. The maximum Gasteiger partial charge on any atom is 0.192 e. The van der Waals surface area contributed by atoms with Crippen LogP contribution in [0.3, 0.4) is 0 Å². The van der Waals surface area contributed by atoms with Crippen LogP contribution in [-0.4, -0.2) is 4.98 Å². The third-order valence-corrected chi connectivity index (χ3v) is 4.01. The molecular weight excluding hydrogens is 246 g/mol. The van der Waals surface area contributed by atoms with Gasteiger partial charge in [0.05, 0.1) is 11.2 Å². The molecule has 1 heterocycles. The van der Waals surface area contributed by atoms with Gasteiger partial charge in [0.25, 0.3) is 0 Å². The summed E-state index contributed by atoms with van der Waals surface area (Å²) in [5.74, 6) is 0. The van der Waals surface area contributed by atoms with Gasteiger partial charge >= 0.3 is 0 Å². The minimum absolute atomic E-state index is 0.112. The van der Waals surface area contributed by atoms with Crippen LogP contribution < -0.4 is 5.43 Å². The summed E-state index contributed by atoms with van der Waals surface area (Å²) >= 11 is 0. The Labute approximate surface area is 118 Å². The van der Waals surface area contributed by atoms with Crippen molar-refractivity contribution in [3.63, 3.8) is 0 Å². The highest BCUT2D eigenvalue weighted by Crippen LogP contribution is 2.24. The fraction of sp³-hybridized carbons (Fsp3) is 0.167. The van der Waals surface area contributed by atoms with Crippen LogP contribution >= 0.6 is 0 Å². The molecule has 0 bridgehead atoms. The molecule has 3 aromatic rings. The molecule has 0 atom stereocenters. The number of hydrogen-bond donors (Lipinski definition) is 1. The smallest absolute Gasteiger partial charge is 0.192 e. The van der Waals surface area contributed by atoms with E-state index in [1.165, 1.54) is 5.56 Å². The van der Waals surface area contributed by atoms with E-state index in [2.05, 4.69) is 18.8 Å². The van der Waals surface area contributed by atoms with E-state index in [4.69, 9.17) is 0 Å². The van der Waals surface area contributed by atoms with Crippen molar-refractivity contribution in [2.24, 2.45) is 0 Å². The summed E-state index contributed by atoms with van der Waals surface area (Å²) in [6, 6.07) is 13.9. The number of nitrogens with one attached hydrogen (secondary N) is 1. The molecule has 100 valence electrons. The lowest BCUT2D eigenvalue weighted by Crippen LogP contribution is -2.10. The number of hydrogen-bond acceptors (Lipinski definition) is 1. The van der Waals surface area contributed by atoms with Crippen LogP contribution in [0.4, 0.5) is 0 Å². The van der Waals surface area contributed by atoms with E-state index >= 15 is 0 Å². The molecule has 20 heavy (non-hydrogen) atoms. The fourth-order valence-electron chi connectivity index (χ4n) is 2.59. The Morgan fingerprint density at radius 3 is 2.25 bits per heavy atom. The second-order valence-electron chi connectivity index (χ2n) is 5.25. The third kappa shape index (κ3) is 1.85. The molecule has 0 unspecified atom stereocenters. The Morgan fingerprint density at radius 2 is 1.55 bits per heavy atom. The molecule has 0 amide bonds. The van der Waals surface area contributed by atoms with E-state index in [9.17, 15) is 4.79 Å². The Hall–Kier alpha value is -2.35. The van der Waals surface area contributed by atoms with Crippen LogP contribution in [0.25, 0.3) is 22.2 Å². The first-order valence-electron chi connectivity index (χ1n) is 6.78. The Morgan fingerprint density at radius 1 is 0.850 bits per heavy atom. The van der Waals surface area contributed by atoms with Crippen molar-refractivity contribution in [3.05, 3.63) is 69.4 Å². The molecule has 2 heteroatoms. The molecular formula is C18H17NO. The highest BCUT2D eigenvalue weighted by molar-refractivity contribution is 5.86. The SMILES string of the molecule is Cc1ccc2c(=O)c(C)c(-c3ccccc3)[nH]c2c1C. The number of H-pyrrole nitrogens is 1. The number of rotatable bonds is 1. The van der Waals surface area contributed by atoms with Gasteiger partial charge in [0.2, 0.25) is 0 Å². The predicted octanol–water partition coefficient (Wildman–Crippen LogP) is 4.12. The minimum Gasteiger partial charge on any atom is -0.354 e. The van der Waals surface area contributed by atoms with Crippen LogP contribution in [0.5, 0.6) is 0 Å². The molecule has 2 aromatic carbocycles. The largest absolute Gasteiger partial charge is 0.354 e. The summed E-state index contributed by atoms with van der Waals surface area (Å²) in [5, 5.41) is 0.769.